The number of methoxy groups -OCH3 is 1. The number of carbonyl (C=O) groups is 1. The zero-order valence-corrected chi connectivity index (χ0v) is 9.96. The number of nitrogens with one attached hydrogen (secondary N) is 2. The zero-order valence-electron chi connectivity index (χ0n) is 9.96. The summed E-state index contributed by atoms with van der Waals surface area (Å²) in [6.07, 6.45) is 3.55. The molecule has 0 aromatic heterocycles. The van der Waals surface area contributed by atoms with E-state index >= 15 is 0 Å². The van der Waals surface area contributed by atoms with Gasteiger partial charge in [0.1, 0.15) is 0 Å². The molecule has 1 amide bonds. The molecule has 1 saturated heterocycles. The van der Waals surface area contributed by atoms with Gasteiger partial charge in [0.05, 0.1) is 19.3 Å². The molecule has 1 heterocycles. The standard InChI is InChI=1S/C11H22N2O3/c1-15-8-6-12-9-11(14)13-5-4-10-3-2-7-16-10/h10,12H,2-9H2,1H3,(H,13,14). The van der Waals surface area contributed by atoms with Crippen LogP contribution in [-0.2, 0) is 14.3 Å². The number of rotatable bonds is 8. The van der Waals surface area contributed by atoms with Gasteiger partial charge in [0.15, 0.2) is 0 Å². The molecule has 5 nitrogen and oxygen atoms in total. The number of carbonyl (C=O) groups excluding carboxylic acids is 1. The van der Waals surface area contributed by atoms with E-state index in [9.17, 15) is 4.79 Å². The molecule has 1 aliphatic rings. The fourth-order valence-corrected chi connectivity index (χ4v) is 1.68. The van der Waals surface area contributed by atoms with Gasteiger partial charge in [0.2, 0.25) is 5.91 Å². The van der Waals surface area contributed by atoms with Gasteiger partial charge in [-0.2, -0.15) is 0 Å². The minimum Gasteiger partial charge on any atom is -0.383 e. The van der Waals surface area contributed by atoms with Crippen LogP contribution in [0.4, 0.5) is 0 Å². The molecule has 0 radical (unpaired) electrons. The molecule has 94 valence electrons. The predicted molar refractivity (Wildman–Crippen MR) is 61.3 cm³/mol. The van der Waals surface area contributed by atoms with E-state index in [1.165, 1.54) is 0 Å². The molecule has 0 aliphatic carbocycles. The number of hydrogen-bond donors (Lipinski definition) is 2. The molecule has 0 aromatic carbocycles. The SMILES string of the molecule is COCCNCC(=O)NCCC1CCCO1. The molecule has 0 aromatic rings. The van der Waals surface area contributed by atoms with Gasteiger partial charge in [-0.1, -0.05) is 0 Å². The third-order valence-corrected chi connectivity index (χ3v) is 2.58. The Balaban J connectivity index is 1.89. The van der Waals surface area contributed by atoms with Crippen LogP contribution in [0.15, 0.2) is 0 Å². The quantitative estimate of drug-likeness (QED) is 0.572. The summed E-state index contributed by atoms with van der Waals surface area (Å²) in [6, 6.07) is 0. The van der Waals surface area contributed by atoms with E-state index < -0.39 is 0 Å². The van der Waals surface area contributed by atoms with Gasteiger partial charge < -0.3 is 20.1 Å². The lowest BCUT2D eigenvalue weighted by Crippen LogP contribution is -2.36. The molecule has 16 heavy (non-hydrogen) atoms. The summed E-state index contributed by atoms with van der Waals surface area (Å²) in [5, 5.41) is 5.86. The lowest BCUT2D eigenvalue weighted by atomic mass is 10.2. The van der Waals surface area contributed by atoms with Crippen LogP contribution >= 0.6 is 0 Å². The molecule has 1 unspecified atom stereocenters. The van der Waals surface area contributed by atoms with Crippen molar-refractivity contribution in [3.05, 3.63) is 0 Å². The molecule has 0 bridgehead atoms. The second-order valence-electron chi connectivity index (χ2n) is 3.94. The largest absolute Gasteiger partial charge is 0.383 e. The Morgan fingerprint density at radius 3 is 3.06 bits per heavy atom. The second kappa shape index (κ2) is 8.50. The van der Waals surface area contributed by atoms with Gasteiger partial charge >= 0.3 is 0 Å². The van der Waals surface area contributed by atoms with Crippen LogP contribution in [0.2, 0.25) is 0 Å². The summed E-state index contributed by atoms with van der Waals surface area (Å²) in [5.74, 6) is 0.0362. The average molecular weight is 230 g/mol. The highest BCUT2D eigenvalue weighted by atomic mass is 16.5. The lowest BCUT2D eigenvalue weighted by molar-refractivity contribution is -0.120. The third kappa shape index (κ3) is 6.05. The Morgan fingerprint density at radius 1 is 1.50 bits per heavy atom. The molecule has 0 spiro atoms. The molecule has 1 fully saturated rings. The molecular weight excluding hydrogens is 208 g/mol. The van der Waals surface area contributed by atoms with Crippen LogP contribution < -0.4 is 10.6 Å². The van der Waals surface area contributed by atoms with Gasteiger partial charge in [-0.3, -0.25) is 4.79 Å². The monoisotopic (exact) mass is 230 g/mol. The maximum atomic E-state index is 11.3. The fraction of sp³-hybridized carbons (Fsp3) is 0.909. The molecule has 0 saturated carbocycles. The van der Waals surface area contributed by atoms with Crippen molar-refractivity contribution in [2.75, 3.05) is 40.0 Å². The van der Waals surface area contributed by atoms with Gasteiger partial charge in [-0.25, -0.2) is 0 Å². The van der Waals surface area contributed by atoms with Crippen molar-refractivity contribution >= 4 is 5.91 Å². The highest BCUT2D eigenvalue weighted by molar-refractivity contribution is 5.77. The van der Waals surface area contributed by atoms with Crippen LogP contribution in [0.25, 0.3) is 0 Å². The predicted octanol–water partition coefficient (Wildman–Crippen LogP) is -0.0923. The molecule has 2 N–H and O–H groups in total. The lowest BCUT2D eigenvalue weighted by Gasteiger charge is -2.10. The van der Waals surface area contributed by atoms with E-state index in [1.807, 2.05) is 0 Å². The minimum atomic E-state index is 0.0362. The van der Waals surface area contributed by atoms with E-state index in [1.54, 1.807) is 7.11 Å². The van der Waals surface area contributed by atoms with Crippen molar-refractivity contribution < 1.29 is 14.3 Å². The fourth-order valence-electron chi connectivity index (χ4n) is 1.68. The normalized spacial score (nSPS) is 19.9. The summed E-state index contributed by atoms with van der Waals surface area (Å²) in [6.45, 7) is 3.26. The third-order valence-electron chi connectivity index (χ3n) is 2.58. The van der Waals surface area contributed by atoms with Crippen LogP contribution in [0.5, 0.6) is 0 Å². The number of amides is 1. The van der Waals surface area contributed by atoms with Gasteiger partial charge in [-0.15, -0.1) is 0 Å². The molecular formula is C11H22N2O3. The van der Waals surface area contributed by atoms with Crippen molar-refractivity contribution in [1.82, 2.24) is 10.6 Å². The van der Waals surface area contributed by atoms with E-state index in [0.29, 0.717) is 32.3 Å². The Hall–Kier alpha value is -0.650. The van der Waals surface area contributed by atoms with Crippen LogP contribution in [0.3, 0.4) is 0 Å². The van der Waals surface area contributed by atoms with E-state index in [2.05, 4.69) is 10.6 Å². The van der Waals surface area contributed by atoms with Gasteiger partial charge in [0.25, 0.3) is 0 Å². The average Bonchev–Trinajstić information content (AvgIpc) is 2.77. The van der Waals surface area contributed by atoms with E-state index in [4.69, 9.17) is 9.47 Å². The minimum absolute atomic E-state index is 0.0362. The van der Waals surface area contributed by atoms with Crippen LogP contribution in [0, 0.1) is 0 Å². The summed E-state index contributed by atoms with van der Waals surface area (Å²) in [7, 11) is 1.64. The second-order valence-corrected chi connectivity index (χ2v) is 3.94. The maximum Gasteiger partial charge on any atom is 0.233 e. The summed E-state index contributed by atoms with van der Waals surface area (Å²) < 4.78 is 10.3. The first-order valence-electron chi connectivity index (χ1n) is 5.91. The van der Waals surface area contributed by atoms with Crippen LogP contribution in [-0.4, -0.2) is 52.0 Å². The Morgan fingerprint density at radius 2 is 2.38 bits per heavy atom. The number of hydrogen-bond acceptors (Lipinski definition) is 4. The van der Waals surface area contributed by atoms with Crippen molar-refractivity contribution in [1.29, 1.82) is 0 Å². The summed E-state index contributed by atoms with van der Waals surface area (Å²) in [5.41, 5.74) is 0. The van der Waals surface area contributed by atoms with Gasteiger partial charge in [0, 0.05) is 26.8 Å². The van der Waals surface area contributed by atoms with E-state index in [-0.39, 0.29) is 5.91 Å². The summed E-state index contributed by atoms with van der Waals surface area (Å²) in [4.78, 5) is 11.3. The highest BCUT2D eigenvalue weighted by Crippen LogP contribution is 2.14. The first-order chi connectivity index (χ1) is 7.83. The van der Waals surface area contributed by atoms with E-state index in [0.717, 1.165) is 25.9 Å². The first kappa shape index (κ1) is 13.4. The molecule has 1 atom stereocenters. The molecule has 1 aliphatic heterocycles. The molecule has 5 heteroatoms. The van der Waals surface area contributed by atoms with Crippen molar-refractivity contribution in [2.45, 2.75) is 25.4 Å². The van der Waals surface area contributed by atoms with Crippen molar-refractivity contribution in [3.63, 3.8) is 0 Å². The van der Waals surface area contributed by atoms with Crippen LogP contribution in [0.1, 0.15) is 19.3 Å². The number of ether oxygens (including phenoxy) is 2. The Bertz CT molecular complexity index is 194. The topological polar surface area (TPSA) is 59.6 Å². The van der Waals surface area contributed by atoms with Crippen molar-refractivity contribution in [3.8, 4) is 0 Å². The van der Waals surface area contributed by atoms with Gasteiger partial charge in [-0.05, 0) is 19.3 Å². The zero-order chi connectivity index (χ0) is 11.6. The molecule has 1 rings (SSSR count). The first-order valence-corrected chi connectivity index (χ1v) is 5.91. The summed E-state index contributed by atoms with van der Waals surface area (Å²) >= 11 is 0. The smallest absolute Gasteiger partial charge is 0.233 e. The Labute approximate surface area is 96.9 Å². The Kier molecular flexibility index (Phi) is 7.12. The maximum absolute atomic E-state index is 11.3. The van der Waals surface area contributed by atoms with Crippen molar-refractivity contribution in [2.24, 2.45) is 0 Å². The highest BCUT2D eigenvalue weighted by Gasteiger charge is 2.14.